The van der Waals surface area contributed by atoms with Gasteiger partial charge in [0.25, 0.3) is 0 Å². The molecule has 1 heterocycles. The van der Waals surface area contributed by atoms with Gasteiger partial charge in [-0.3, -0.25) is 0 Å². The molecule has 2 heteroatoms. The van der Waals surface area contributed by atoms with Gasteiger partial charge in [-0.05, 0) is 6.92 Å². The molecule has 6 heavy (non-hydrogen) atoms. The molecular formula is C4H5N2+. The molecule has 1 rings (SSSR count). The zero-order valence-corrected chi connectivity index (χ0v) is 3.55. The predicted octanol–water partition coefficient (Wildman–Crippen LogP) is 0.635. The second-order valence-corrected chi connectivity index (χ2v) is 1.17. The lowest BCUT2D eigenvalue weighted by molar-refractivity contribution is -0.0683. The van der Waals surface area contributed by atoms with Crippen molar-refractivity contribution in [3.05, 3.63) is 11.8 Å². The molecule has 0 bridgehead atoms. The standard InChI is InChI=1S/C4H5N2/c1-4-2-3-5-6-4/h2-3H,1H3/q+1. The van der Waals surface area contributed by atoms with Crippen LogP contribution in [0.3, 0.4) is 0 Å². The second kappa shape index (κ2) is 1.07. The van der Waals surface area contributed by atoms with Crippen LogP contribution in [0.25, 0.3) is 0 Å². The highest BCUT2D eigenvalue weighted by molar-refractivity contribution is 5.67. The van der Waals surface area contributed by atoms with E-state index in [1.54, 1.807) is 6.21 Å². The molecule has 0 atom stereocenters. The van der Waals surface area contributed by atoms with E-state index in [0.29, 0.717) is 0 Å². The molecular weight excluding hydrogens is 76.1 g/mol. The van der Waals surface area contributed by atoms with Crippen LogP contribution in [0.2, 0.25) is 0 Å². The van der Waals surface area contributed by atoms with Crippen molar-refractivity contribution in [1.29, 1.82) is 0 Å². The first-order valence-corrected chi connectivity index (χ1v) is 1.80. The van der Waals surface area contributed by atoms with E-state index in [2.05, 4.69) is 9.90 Å². The predicted molar refractivity (Wildman–Crippen MR) is 22.5 cm³/mol. The third-order valence-electron chi connectivity index (χ3n) is 0.598. The van der Waals surface area contributed by atoms with Crippen molar-refractivity contribution in [3.8, 4) is 0 Å². The van der Waals surface area contributed by atoms with Crippen molar-refractivity contribution >= 4 is 6.21 Å². The van der Waals surface area contributed by atoms with Gasteiger partial charge in [0, 0.05) is 0 Å². The summed E-state index contributed by atoms with van der Waals surface area (Å²) in [4.78, 5) is 3.57. The highest BCUT2D eigenvalue weighted by Crippen LogP contribution is 1.91. The maximum absolute atomic E-state index is 3.67. The minimum atomic E-state index is 0.981. The molecule has 0 spiro atoms. The van der Waals surface area contributed by atoms with E-state index < -0.39 is 0 Å². The van der Waals surface area contributed by atoms with E-state index in [1.165, 1.54) is 0 Å². The van der Waals surface area contributed by atoms with Gasteiger partial charge < -0.3 is 0 Å². The summed E-state index contributed by atoms with van der Waals surface area (Å²) in [5.41, 5.74) is 0.981. The van der Waals surface area contributed by atoms with E-state index in [0.717, 1.165) is 5.70 Å². The highest BCUT2D eigenvalue weighted by atomic mass is 15.0. The Kier molecular flexibility index (Phi) is 0.592. The van der Waals surface area contributed by atoms with Crippen LogP contribution in [0.5, 0.6) is 0 Å². The van der Waals surface area contributed by atoms with Crippen LogP contribution in [0.4, 0.5) is 0 Å². The summed E-state index contributed by atoms with van der Waals surface area (Å²) in [7, 11) is 0. The van der Waals surface area contributed by atoms with Gasteiger partial charge in [-0.25, -0.2) is 0 Å². The monoisotopic (exact) mass is 81.0 g/mol. The van der Waals surface area contributed by atoms with Crippen molar-refractivity contribution in [2.75, 3.05) is 0 Å². The zero-order valence-electron chi connectivity index (χ0n) is 3.55. The van der Waals surface area contributed by atoms with E-state index in [-0.39, 0.29) is 0 Å². The summed E-state index contributed by atoms with van der Waals surface area (Å²) in [6.45, 7) is 1.91. The third-order valence-corrected chi connectivity index (χ3v) is 0.598. The molecule has 0 unspecified atom stereocenters. The van der Waals surface area contributed by atoms with Gasteiger partial charge in [-0.2, -0.15) is 0 Å². The summed E-state index contributed by atoms with van der Waals surface area (Å²) < 4.78 is 0. The number of allylic oxidation sites excluding steroid dienone is 2. The molecule has 0 saturated carbocycles. The Morgan fingerprint density at radius 1 is 1.83 bits per heavy atom. The first kappa shape index (κ1) is 3.32. The summed E-state index contributed by atoms with van der Waals surface area (Å²) in [6, 6.07) is 0. The highest BCUT2D eigenvalue weighted by Gasteiger charge is 1.94. The lowest BCUT2D eigenvalue weighted by atomic mass is 10.5. The van der Waals surface area contributed by atoms with E-state index in [1.807, 2.05) is 13.0 Å². The van der Waals surface area contributed by atoms with E-state index in [9.17, 15) is 0 Å². The normalized spacial score (nSPS) is 15.8. The van der Waals surface area contributed by atoms with Gasteiger partial charge in [0.1, 0.15) is 10.8 Å². The van der Waals surface area contributed by atoms with Crippen molar-refractivity contribution < 1.29 is 4.79 Å². The molecule has 0 amide bonds. The first-order valence-electron chi connectivity index (χ1n) is 1.80. The molecule has 0 aliphatic carbocycles. The van der Waals surface area contributed by atoms with Crippen molar-refractivity contribution in [1.82, 2.24) is 0 Å². The molecule has 0 aromatic rings. The number of hydrogen-bond acceptors (Lipinski definition) is 1. The Bertz CT molecular complexity index is 138. The summed E-state index contributed by atoms with van der Waals surface area (Å²) >= 11 is 0. The molecule has 0 saturated heterocycles. The van der Waals surface area contributed by atoms with Crippen LogP contribution in [-0.4, -0.2) is 11.0 Å². The zero-order chi connectivity index (χ0) is 4.41. The molecule has 0 aromatic carbocycles. The van der Waals surface area contributed by atoms with Gasteiger partial charge in [-0.1, -0.05) is 0 Å². The van der Waals surface area contributed by atoms with Crippen molar-refractivity contribution in [3.63, 3.8) is 0 Å². The molecule has 1 aliphatic rings. The SMILES string of the molecule is CC1=CC=[N+]=N1. The van der Waals surface area contributed by atoms with Crippen LogP contribution < -0.4 is 0 Å². The summed E-state index contributed by atoms with van der Waals surface area (Å²) in [5, 5.41) is 3.67. The molecule has 0 aromatic heterocycles. The molecule has 0 N–H and O–H groups in total. The van der Waals surface area contributed by atoms with Crippen molar-refractivity contribution in [2.24, 2.45) is 5.11 Å². The molecule has 0 fully saturated rings. The fourth-order valence-electron chi connectivity index (χ4n) is 0.299. The Morgan fingerprint density at radius 2 is 2.67 bits per heavy atom. The van der Waals surface area contributed by atoms with Gasteiger partial charge in [0.05, 0.1) is 10.9 Å². The van der Waals surface area contributed by atoms with E-state index in [4.69, 9.17) is 0 Å². The Morgan fingerprint density at radius 3 is 2.83 bits per heavy atom. The summed E-state index contributed by atoms with van der Waals surface area (Å²) in [5.74, 6) is 0. The minimum absolute atomic E-state index is 0.981. The van der Waals surface area contributed by atoms with Crippen LogP contribution in [0, 0.1) is 0 Å². The maximum atomic E-state index is 3.67. The average molecular weight is 81.1 g/mol. The Labute approximate surface area is 35.9 Å². The first-order chi connectivity index (χ1) is 2.89. The fourth-order valence-corrected chi connectivity index (χ4v) is 0.299. The van der Waals surface area contributed by atoms with Gasteiger partial charge in [0.15, 0.2) is 0 Å². The average Bonchev–Trinajstić information content (AvgIpc) is 1.86. The van der Waals surface area contributed by atoms with Gasteiger partial charge in [-0.15, -0.1) is 0 Å². The topological polar surface area (TPSA) is 26.5 Å². The summed E-state index contributed by atoms with van der Waals surface area (Å²) in [6.07, 6.45) is 3.54. The number of hydrogen-bond donors (Lipinski definition) is 0. The van der Waals surface area contributed by atoms with Crippen LogP contribution in [-0.2, 0) is 0 Å². The largest absolute Gasteiger partial charge is 0.332 e. The lowest BCUT2D eigenvalue weighted by Gasteiger charge is -1.58. The lowest BCUT2D eigenvalue weighted by Crippen LogP contribution is -1.55. The number of nitrogens with zero attached hydrogens (tertiary/aromatic N) is 2. The van der Waals surface area contributed by atoms with Gasteiger partial charge in [0.2, 0.25) is 0 Å². The minimum Gasteiger partial charge on any atom is -0.0147 e. The smallest absolute Gasteiger partial charge is 0.0147 e. The van der Waals surface area contributed by atoms with Crippen LogP contribution in [0.1, 0.15) is 6.92 Å². The van der Waals surface area contributed by atoms with Crippen LogP contribution >= 0.6 is 0 Å². The number of rotatable bonds is 0. The molecule has 2 nitrogen and oxygen atoms in total. The second-order valence-electron chi connectivity index (χ2n) is 1.17. The van der Waals surface area contributed by atoms with Crippen molar-refractivity contribution in [2.45, 2.75) is 6.92 Å². The fraction of sp³-hybridized carbons (Fsp3) is 0.250. The van der Waals surface area contributed by atoms with E-state index >= 15 is 0 Å². The molecule has 30 valence electrons. The van der Waals surface area contributed by atoms with Crippen LogP contribution in [0.15, 0.2) is 16.9 Å². The quantitative estimate of drug-likeness (QED) is 0.382. The Balaban J connectivity index is 2.88. The molecule has 0 radical (unpaired) electrons. The molecule has 1 aliphatic heterocycles. The Hall–Kier alpha value is -0.880. The van der Waals surface area contributed by atoms with Gasteiger partial charge >= 0.3 is 6.21 Å². The maximum Gasteiger partial charge on any atom is 0.332 e. The third kappa shape index (κ3) is 0.374.